The molecule has 2 fully saturated rings. The minimum Gasteiger partial charge on any atom is -0.489 e. The number of halogens is 1. The molecule has 1 aliphatic heterocycles. The number of hydrogen-bond acceptors (Lipinski definition) is 4. The number of aliphatic hydroxyl groups is 1. The molecular formula is C20H30FNO3. The summed E-state index contributed by atoms with van der Waals surface area (Å²) in [5.74, 6) is 0.452. The van der Waals surface area contributed by atoms with Crippen molar-refractivity contribution in [3.63, 3.8) is 0 Å². The summed E-state index contributed by atoms with van der Waals surface area (Å²) in [6, 6.07) is 6.17. The van der Waals surface area contributed by atoms with Crippen LogP contribution in [0.25, 0.3) is 0 Å². The average Bonchev–Trinajstić information content (AvgIpc) is 2.63. The van der Waals surface area contributed by atoms with Gasteiger partial charge in [-0.1, -0.05) is 19.3 Å². The Morgan fingerprint density at radius 1 is 1.04 bits per heavy atom. The van der Waals surface area contributed by atoms with Crippen LogP contribution in [0.2, 0.25) is 0 Å². The molecule has 2 atom stereocenters. The maximum absolute atomic E-state index is 13.0. The predicted molar refractivity (Wildman–Crippen MR) is 95.3 cm³/mol. The molecule has 0 aromatic heterocycles. The number of hydrogen-bond donors (Lipinski definition) is 1. The molecule has 4 nitrogen and oxygen atoms in total. The van der Waals surface area contributed by atoms with Gasteiger partial charge in [-0.25, -0.2) is 4.39 Å². The third kappa shape index (κ3) is 6.24. The Morgan fingerprint density at radius 3 is 2.52 bits per heavy atom. The fourth-order valence-corrected chi connectivity index (χ4v) is 3.81. The largest absolute Gasteiger partial charge is 0.489 e. The average molecular weight is 351 g/mol. The number of benzene rings is 1. The van der Waals surface area contributed by atoms with Gasteiger partial charge >= 0.3 is 0 Å². The molecule has 2 aliphatic rings. The lowest BCUT2D eigenvalue weighted by atomic mass is 9.98. The van der Waals surface area contributed by atoms with E-state index in [4.69, 9.17) is 9.47 Å². The molecule has 0 radical (unpaired) electrons. The van der Waals surface area contributed by atoms with E-state index in [1.54, 1.807) is 12.1 Å². The topological polar surface area (TPSA) is 41.9 Å². The summed E-state index contributed by atoms with van der Waals surface area (Å²) in [5.41, 5.74) is 0. The Bertz CT molecular complexity index is 504. The molecule has 1 N–H and O–H groups in total. The first-order chi connectivity index (χ1) is 12.2. The van der Waals surface area contributed by atoms with Gasteiger partial charge < -0.3 is 14.6 Å². The highest BCUT2D eigenvalue weighted by Gasteiger charge is 2.24. The second kappa shape index (κ2) is 9.51. The molecule has 140 valence electrons. The Labute approximate surface area is 149 Å². The molecule has 25 heavy (non-hydrogen) atoms. The van der Waals surface area contributed by atoms with E-state index in [0.717, 1.165) is 38.8 Å². The molecule has 0 amide bonds. The minimum absolute atomic E-state index is 0.0886. The predicted octanol–water partition coefficient (Wildman–Crippen LogP) is 3.38. The highest BCUT2D eigenvalue weighted by atomic mass is 19.1. The first-order valence-electron chi connectivity index (χ1n) is 9.63. The van der Waals surface area contributed by atoms with Crippen molar-refractivity contribution in [3.8, 4) is 5.75 Å². The van der Waals surface area contributed by atoms with E-state index in [2.05, 4.69) is 4.90 Å². The number of piperidine rings is 1. The standard InChI is InChI=1S/C20H30FNO3/c21-16-8-10-19(11-9-16)25-20-7-4-12-22(14-20)13-17(23)15-24-18-5-2-1-3-6-18/h8-11,17-18,20,23H,1-7,12-15H2/t17-,20+/m1/s1. The van der Waals surface area contributed by atoms with Crippen LogP contribution < -0.4 is 4.74 Å². The third-order valence-corrected chi connectivity index (χ3v) is 5.12. The Balaban J connectivity index is 1.39. The zero-order valence-electron chi connectivity index (χ0n) is 14.9. The van der Waals surface area contributed by atoms with Crippen LogP contribution in [0.1, 0.15) is 44.9 Å². The molecule has 3 rings (SSSR count). The van der Waals surface area contributed by atoms with E-state index < -0.39 is 6.10 Å². The van der Waals surface area contributed by atoms with Gasteiger partial charge in [-0.15, -0.1) is 0 Å². The van der Waals surface area contributed by atoms with Crippen LogP contribution >= 0.6 is 0 Å². The fourth-order valence-electron chi connectivity index (χ4n) is 3.81. The van der Waals surface area contributed by atoms with Crippen LogP contribution in [-0.4, -0.2) is 54.6 Å². The second-order valence-electron chi connectivity index (χ2n) is 7.34. The lowest BCUT2D eigenvalue weighted by Gasteiger charge is -2.34. The van der Waals surface area contributed by atoms with Crippen molar-refractivity contribution in [2.45, 2.75) is 63.3 Å². The van der Waals surface area contributed by atoms with E-state index in [-0.39, 0.29) is 11.9 Å². The SMILES string of the molecule is O[C@@H](COC1CCCCC1)CN1CCC[C@H](Oc2ccc(F)cc2)C1. The minimum atomic E-state index is -0.452. The lowest BCUT2D eigenvalue weighted by Crippen LogP contribution is -2.45. The maximum Gasteiger partial charge on any atom is 0.123 e. The summed E-state index contributed by atoms with van der Waals surface area (Å²) in [6.45, 7) is 2.81. The quantitative estimate of drug-likeness (QED) is 0.818. The van der Waals surface area contributed by atoms with Crippen molar-refractivity contribution in [2.75, 3.05) is 26.2 Å². The highest BCUT2D eigenvalue weighted by Crippen LogP contribution is 2.21. The van der Waals surface area contributed by atoms with E-state index in [1.807, 2.05) is 0 Å². The monoisotopic (exact) mass is 351 g/mol. The van der Waals surface area contributed by atoms with Gasteiger partial charge in [-0.2, -0.15) is 0 Å². The number of ether oxygens (including phenoxy) is 2. The molecule has 1 saturated carbocycles. The summed E-state index contributed by atoms with van der Waals surface area (Å²) >= 11 is 0. The zero-order chi connectivity index (χ0) is 17.5. The van der Waals surface area contributed by atoms with Gasteiger partial charge in [-0.05, 0) is 56.5 Å². The smallest absolute Gasteiger partial charge is 0.123 e. The van der Waals surface area contributed by atoms with Gasteiger partial charge in [0.15, 0.2) is 0 Å². The molecule has 0 bridgehead atoms. The summed E-state index contributed by atoms with van der Waals surface area (Å²) in [4.78, 5) is 2.24. The first kappa shape index (κ1) is 18.6. The van der Waals surface area contributed by atoms with E-state index >= 15 is 0 Å². The Hall–Kier alpha value is -1.17. The number of aliphatic hydroxyl groups excluding tert-OH is 1. The Morgan fingerprint density at radius 2 is 1.76 bits per heavy atom. The van der Waals surface area contributed by atoms with Crippen LogP contribution in [0, 0.1) is 5.82 Å². The molecule has 1 heterocycles. The molecule has 0 unspecified atom stereocenters. The first-order valence-corrected chi connectivity index (χ1v) is 9.63. The third-order valence-electron chi connectivity index (χ3n) is 5.12. The second-order valence-corrected chi connectivity index (χ2v) is 7.34. The van der Waals surface area contributed by atoms with Crippen molar-refractivity contribution < 1.29 is 19.0 Å². The van der Waals surface area contributed by atoms with Crippen molar-refractivity contribution >= 4 is 0 Å². The number of rotatable bonds is 7. The normalized spacial score (nSPS) is 24.2. The zero-order valence-corrected chi connectivity index (χ0v) is 14.9. The van der Waals surface area contributed by atoms with Crippen LogP contribution in [0.3, 0.4) is 0 Å². The molecule has 0 spiro atoms. The van der Waals surface area contributed by atoms with E-state index in [9.17, 15) is 9.50 Å². The van der Waals surface area contributed by atoms with Crippen molar-refractivity contribution in [2.24, 2.45) is 0 Å². The van der Waals surface area contributed by atoms with Crippen LogP contribution in [0.4, 0.5) is 4.39 Å². The number of nitrogens with zero attached hydrogens (tertiary/aromatic N) is 1. The summed E-state index contributed by atoms with van der Waals surface area (Å²) in [5, 5.41) is 10.3. The van der Waals surface area contributed by atoms with Crippen LogP contribution in [0.5, 0.6) is 5.75 Å². The number of likely N-dealkylation sites (tertiary alicyclic amines) is 1. The molecular weight excluding hydrogens is 321 g/mol. The molecule has 1 aliphatic carbocycles. The van der Waals surface area contributed by atoms with Gasteiger partial charge in [0, 0.05) is 13.1 Å². The molecule has 1 aromatic carbocycles. The molecule has 1 saturated heterocycles. The van der Waals surface area contributed by atoms with E-state index in [0.29, 0.717) is 25.0 Å². The van der Waals surface area contributed by atoms with Gasteiger partial charge in [0.1, 0.15) is 17.7 Å². The maximum atomic E-state index is 13.0. The van der Waals surface area contributed by atoms with Crippen molar-refractivity contribution in [1.29, 1.82) is 0 Å². The van der Waals surface area contributed by atoms with Gasteiger partial charge in [0.2, 0.25) is 0 Å². The highest BCUT2D eigenvalue weighted by molar-refractivity contribution is 5.22. The van der Waals surface area contributed by atoms with Gasteiger partial charge in [0.25, 0.3) is 0 Å². The van der Waals surface area contributed by atoms with Crippen molar-refractivity contribution in [1.82, 2.24) is 4.90 Å². The fraction of sp³-hybridized carbons (Fsp3) is 0.700. The van der Waals surface area contributed by atoms with Crippen LogP contribution in [0.15, 0.2) is 24.3 Å². The van der Waals surface area contributed by atoms with Crippen molar-refractivity contribution in [3.05, 3.63) is 30.1 Å². The summed E-state index contributed by atoms with van der Waals surface area (Å²) < 4.78 is 24.8. The summed E-state index contributed by atoms with van der Waals surface area (Å²) in [6.07, 6.45) is 8.06. The molecule has 1 aromatic rings. The number of β-amino-alcohol motifs (C(OH)–C–C–N with tert-alkyl or cyclic N) is 1. The Kier molecular flexibility index (Phi) is 7.08. The molecule has 5 heteroatoms. The van der Waals surface area contributed by atoms with Gasteiger partial charge in [0.05, 0.1) is 18.8 Å². The van der Waals surface area contributed by atoms with Crippen LogP contribution in [-0.2, 0) is 4.74 Å². The van der Waals surface area contributed by atoms with E-state index in [1.165, 1.54) is 31.4 Å². The summed E-state index contributed by atoms with van der Waals surface area (Å²) in [7, 11) is 0. The lowest BCUT2D eigenvalue weighted by molar-refractivity contribution is -0.0391. The van der Waals surface area contributed by atoms with Gasteiger partial charge in [-0.3, -0.25) is 4.90 Å².